The summed E-state index contributed by atoms with van der Waals surface area (Å²) in [7, 11) is -4.32. The molecule has 0 aliphatic carbocycles. The number of benzene rings is 2. The lowest BCUT2D eigenvalue weighted by Gasteiger charge is -1.97. The zero-order valence-electron chi connectivity index (χ0n) is 14.3. The van der Waals surface area contributed by atoms with Crippen LogP contribution in [0.2, 0.25) is 0 Å². The average molecular weight is 492 g/mol. The number of halogens is 5. The summed E-state index contributed by atoms with van der Waals surface area (Å²) in [6.07, 6.45) is 0. The highest BCUT2D eigenvalue weighted by Crippen LogP contribution is 2.11. The monoisotopic (exact) mass is 492 g/mol. The van der Waals surface area contributed by atoms with Crippen molar-refractivity contribution in [3.8, 4) is 17.1 Å². The van der Waals surface area contributed by atoms with Crippen LogP contribution in [0.1, 0.15) is 5.82 Å². The van der Waals surface area contributed by atoms with E-state index in [4.69, 9.17) is 4.74 Å². The first-order valence-electron chi connectivity index (χ1n) is 7.55. The summed E-state index contributed by atoms with van der Waals surface area (Å²) < 4.78 is 46.9. The minimum Gasteiger partial charge on any atom is -0.497 e. The van der Waals surface area contributed by atoms with Gasteiger partial charge in [0.2, 0.25) is 5.82 Å². The van der Waals surface area contributed by atoms with Gasteiger partial charge in [-0.2, -0.15) is 0 Å². The van der Waals surface area contributed by atoms with E-state index in [1.54, 1.807) is 14.0 Å². The van der Waals surface area contributed by atoms with Gasteiger partial charge in [-0.25, -0.2) is 0 Å². The number of hydrogen-bond acceptors (Lipinski definition) is 5. The maximum atomic E-state index is 9.75. The van der Waals surface area contributed by atoms with Crippen molar-refractivity contribution < 1.29 is 43.2 Å². The minimum absolute atomic E-state index is 0.205. The first kappa shape index (κ1) is 21.0. The minimum atomic E-state index is -6.00. The number of rotatable bonds is 4. The Balaban J connectivity index is 0.000000465. The molecular weight excluding hydrogens is 478 g/mol. The second-order valence-electron chi connectivity index (χ2n) is 5.03. The Morgan fingerprint density at radius 1 is 0.778 bits per heavy atom. The van der Waals surface area contributed by atoms with E-state index in [0.29, 0.717) is 11.6 Å². The summed E-state index contributed by atoms with van der Waals surface area (Å²) in [6.45, 7) is 1.77. The van der Waals surface area contributed by atoms with E-state index in [0.717, 1.165) is 11.3 Å². The van der Waals surface area contributed by atoms with Gasteiger partial charge in [0.1, 0.15) is 5.75 Å². The van der Waals surface area contributed by atoms with Gasteiger partial charge in [0.25, 0.3) is 0 Å². The van der Waals surface area contributed by atoms with Crippen LogP contribution >= 0.6 is 0 Å². The van der Waals surface area contributed by atoms with E-state index in [-0.39, 0.29) is 21.2 Å². The Morgan fingerprint density at radius 2 is 1.22 bits per heavy atom. The fraction of sp³-hybridized carbons (Fsp3) is 0.125. The van der Waals surface area contributed by atoms with Crippen LogP contribution in [-0.4, -0.2) is 34.8 Å². The molecule has 0 spiro atoms. The SMILES string of the molecule is COc1ccc([I+]c2ccc(-c3nnc(C)nn3)cc2)cc1.F[B-](F)(F)F. The lowest BCUT2D eigenvalue weighted by Crippen LogP contribution is -3.61. The third-order valence-electron chi connectivity index (χ3n) is 2.95. The molecule has 3 aromatic rings. The van der Waals surface area contributed by atoms with Crippen molar-refractivity contribution in [1.82, 2.24) is 20.4 Å². The van der Waals surface area contributed by atoms with Crippen molar-refractivity contribution in [2.75, 3.05) is 7.11 Å². The normalized spacial score (nSPS) is 10.7. The first-order chi connectivity index (χ1) is 12.7. The number of methoxy groups -OCH3 is 1. The molecule has 0 atom stereocenters. The van der Waals surface area contributed by atoms with Crippen LogP contribution in [-0.2, 0) is 0 Å². The molecule has 0 saturated carbocycles. The van der Waals surface area contributed by atoms with Gasteiger partial charge in [-0.1, -0.05) is 0 Å². The number of hydrogen-bond donors (Lipinski definition) is 0. The van der Waals surface area contributed by atoms with Crippen LogP contribution in [0.4, 0.5) is 17.3 Å². The maximum Gasteiger partial charge on any atom is 0.673 e. The van der Waals surface area contributed by atoms with E-state index in [1.165, 1.54) is 7.14 Å². The Kier molecular flexibility index (Phi) is 7.45. The Hall–Kier alpha value is -2.31. The lowest BCUT2D eigenvalue weighted by atomic mass is 10.2. The molecule has 0 saturated heterocycles. The van der Waals surface area contributed by atoms with E-state index in [9.17, 15) is 17.3 Å². The molecule has 0 fully saturated rings. The van der Waals surface area contributed by atoms with Gasteiger partial charge < -0.3 is 22.0 Å². The Morgan fingerprint density at radius 3 is 1.67 bits per heavy atom. The summed E-state index contributed by atoms with van der Waals surface area (Å²) in [5.74, 6) is 2.02. The van der Waals surface area contributed by atoms with Crippen molar-refractivity contribution in [3.05, 3.63) is 61.5 Å². The van der Waals surface area contributed by atoms with Crippen LogP contribution in [0.25, 0.3) is 11.4 Å². The summed E-state index contributed by atoms with van der Waals surface area (Å²) >= 11 is -0.205. The van der Waals surface area contributed by atoms with E-state index < -0.39 is 7.25 Å². The van der Waals surface area contributed by atoms with Crippen molar-refractivity contribution in [2.45, 2.75) is 6.92 Å². The summed E-state index contributed by atoms with van der Waals surface area (Å²) in [4.78, 5) is 0. The predicted molar refractivity (Wildman–Crippen MR) is 88.4 cm³/mol. The third kappa shape index (κ3) is 7.85. The molecule has 0 aliphatic rings. The van der Waals surface area contributed by atoms with Gasteiger partial charge in [0.05, 0.1) is 7.11 Å². The first-order valence-corrected chi connectivity index (χ1v) is 9.71. The topological polar surface area (TPSA) is 60.8 Å². The molecule has 3 rings (SSSR count). The molecule has 0 amide bonds. The maximum absolute atomic E-state index is 9.75. The fourth-order valence-electron chi connectivity index (χ4n) is 1.82. The van der Waals surface area contributed by atoms with Gasteiger partial charge in [-0.15, -0.1) is 20.4 Å². The van der Waals surface area contributed by atoms with Gasteiger partial charge in [-0.05, 0) is 55.5 Å². The highest BCUT2D eigenvalue weighted by Gasteiger charge is 2.20. The molecule has 0 radical (unpaired) electrons. The van der Waals surface area contributed by atoms with Crippen molar-refractivity contribution in [2.24, 2.45) is 0 Å². The quantitative estimate of drug-likeness (QED) is 0.305. The number of aryl methyl sites for hydroxylation is 1. The number of ether oxygens (including phenoxy) is 1. The highest BCUT2D eigenvalue weighted by atomic mass is 127. The van der Waals surface area contributed by atoms with Gasteiger partial charge in [0.15, 0.2) is 13.0 Å². The molecule has 0 aliphatic heterocycles. The zero-order valence-corrected chi connectivity index (χ0v) is 16.4. The molecule has 0 bridgehead atoms. The molecular formula is C16H14BF4IN4O. The third-order valence-corrected chi connectivity index (χ3v) is 5.63. The number of aromatic nitrogens is 4. The molecule has 142 valence electrons. The second kappa shape index (κ2) is 9.58. The lowest BCUT2D eigenvalue weighted by molar-refractivity contribution is -0.597. The van der Waals surface area contributed by atoms with Crippen molar-refractivity contribution in [1.29, 1.82) is 0 Å². The highest BCUT2D eigenvalue weighted by molar-refractivity contribution is 6.50. The largest absolute Gasteiger partial charge is 0.673 e. The van der Waals surface area contributed by atoms with Crippen LogP contribution in [0.3, 0.4) is 0 Å². The average Bonchev–Trinajstić information content (AvgIpc) is 2.62. The summed E-state index contributed by atoms with van der Waals surface area (Å²) in [6, 6.07) is 16.5. The molecule has 1 aromatic heterocycles. The number of nitrogens with zero attached hydrogens (tertiary/aromatic N) is 4. The van der Waals surface area contributed by atoms with E-state index >= 15 is 0 Å². The van der Waals surface area contributed by atoms with Crippen LogP contribution in [0, 0.1) is 14.1 Å². The van der Waals surface area contributed by atoms with E-state index in [2.05, 4.69) is 44.7 Å². The van der Waals surface area contributed by atoms with Crippen molar-refractivity contribution in [3.63, 3.8) is 0 Å². The van der Waals surface area contributed by atoms with Crippen LogP contribution in [0.5, 0.6) is 5.75 Å². The molecule has 2 aromatic carbocycles. The van der Waals surface area contributed by atoms with Gasteiger partial charge >= 0.3 is 28.5 Å². The molecule has 0 N–H and O–H groups in total. The molecule has 1 heterocycles. The van der Waals surface area contributed by atoms with Gasteiger partial charge in [0, 0.05) is 5.56 Å². The fourth-order valence-corrected chi connectivity index (χ4v) is 3.97. The van der Waals surface area contributed by atoms with Crippen LogP contribution in [0.15, 0.2) is 48.5 Å². The Labute approximate surface area is 163 Å². The molecule has 11 heteroatoms. The predicted octanol–water partition coefficient (Wildman–Crippen LogP) is 0.679. The zero-order chi connectivity index (χ0) is 19.9. The molecule has 5 nitrogen and oxygen atoms in total. The standard InChI is InChI=1S/C16H14IN4O.BF4/c1-11-18-20-16(21-19-11)12-3-5-13(6-4-12)17-14-7-9-15(22-2)10-8-14;2-1(3,4)5/h3-10H,1-2H3;/q+1;-1. The van der Waals surface area contributed by atoms with E-state index in [1.807, 2.05) is 24.3 Å². The molecule has 27 heavy (non-hydrogen) atoms. The van der Waals surface area contributed by atoms with Gasteiger partial charge in [-0.3, -0.25) is 0 Å². The second-order valence-corrected chi connectivity index (χ2v) is 8.06. The smallest absolute Gasteiger partial charge is 0.497 e. The molecule has 0 unspecified atom stereocenters. The summed E-state index contributed by atoms with van der Waals surface area (Å²) in [5.41, 5.74) is 0.933. The van der Waals surface area contributed by atoms with Crippen molar-refractivity contribution >= 4 is 7.25 Å². The van der Waals surface area contributed by atoms with Crippen LogP contribution < -0.4 is 25.9 Å². The summed E-state index contributed by atoms with van der Waals surface area (Å²) in [5, 5.41) is 16.0. The Bertz CT molecular complexity index is 840.